The fourth-order valence-electron chi connectivity index (χ4n) is 2.22. The molecule has 2 amide bonds. The summed E-state index contributed by atoms with van der Waals surface area (Å²) in [6, 6.07) is -0.685. The number of carbonyl (C=O) groups excluding carboxylic acids is 1. The van der Waals surface area contributed by atoms with Crippen LogP contribution in [-0.2, 0) is 9.53 Å². The standard InChI is InChI=1S/C12H23N3O4/c1-8(5-14(2)3)13-12(18)15(4)10-7-19-6-9(10)11(16)17/h8-10H,5-7H2,1-4H3,(H,13,18)(H,16,17). The van der Waals surface area contributed by atoms with E-state index in [1.54, 1.807) is 7.05 Å². The Morgan fingerprint density at radius 3 is 2.53 bits per heavy atom. The maximum absolute atomic E-state index is 12.0. The molecule has 0 spiro atoms. The van der Waals surface area contributed by atoms with Crippen LogP contribution in [0.1, 0.15) is 6.92 Å². The fourth-order valence-corrected chi connectivity index (χ4v) is 2.22. The van der Waals surface area contributed by atoms with Gasteiger partial charge in [-0.2, -0.15) is 0 Å². The molecule has 7 heteroatoms. The molecule has 3 atom stereocenters. The van der Waals surface area contributed by atoms with Crippen molar-refractivity contribution in [3.63, 3.8) is 0 Å². The Balaban J connectivity index is 2.54. The summed E-state index contributed by atoms with van der Waals surface area (Å²) in [5.41, 5.74) is 0. The van der Waals surface area contributed by atoms with Gasteiger partial charge in [-0.1, -0.05) is 0 Å². The lowest BCUT2D eigenvalue weighted by Crippen LogP contribution is -2.51. The van der Waals surface area contributed by atoms with Gasteiger partial charge in [-0.05, 0) is 21.0 Å². The maximum Gasteiger partial charge on any atom is 0.317 e. The van der Waals surface area contributed by atoms with Crippen LogP contribution < -0.4 is 5.32 Å². The molecule has 1 aliphatic heterocycles. The highest BCUT2D eigenvalue weighted by Gasteiger charge is 2.38. The molecule has 19 heavy (non-hydrogen) atoms. The van der Waals surface area contributed by atoms with Crippen LogP contribution in [0.25, 0.3) is 0 Å². The van der Waals surface area contributed by atoms with Crippen LogP contribution in [-0.4, -0.2) is 79.9 Å². The number of urea groups is 1. The van der Waals surface area contributed by atoms with Gasteiger partial charge in [-0.25, -0.2) is 4.79 Å². The van der Waals surface area contributed by atoms with E-state index in [9.17, 15) is 9.59 Å². The van der Waals surface area contributed by atoms with Crippen LogP contribution in [0.5, 0.6) is 0 Å². The van der Waals surface area contributed by atoms with Crippen LogP contribution in [0.15, 0.2) is 0 Å². The zero-order valence-corrected chi connectivity index (χ0v) is 11.9. The van der Waals surface area contributed by atoms with Gasteiger partial charge < -0.3 is 25.0 Å². The van der Waals surface area contributed by atoms with Gasteiger partial charge >= 0.3 is 12.0 Å². The minimum atomic E-state index is -0.927. The molecule has 3 unspecified atom stereocenters. The van der Waals surface area contributed by atoms with Crippen LogP contribution in [0, 0.1) is 5.92 Å². The molecule has 1 saturated heterocycles. The van der Waals surface area contributed by atoms with Crippen molar-refractivity contribution >= 4 is 12.0 Å². The average Bonchev–Trinajstić information content (AvgIpc) is 2.75. The van der Waals surface area contributed by atoms with E-state index in [0.29, 0.717) is 0 Å². The highest BCUT2D eigenvalue weighted by Crippen LogP contribution is 2.19. The third-order valence-electron chi connectivity index (χ3n) is 3.19. The number of amides is 2. The van der Waals surface area contributed by atoms with E-state index >= 15 is 0 Å². The number of likely N-dealkylation sites (N-methyl/N-ethyl adjacent to an activating group) is 2. The number of nitrogens with zero attached hydrogens (tertiary/aromatic N) is 2. The first-order chi connectivity index (χ1) is 8.82. The van der Waals surface area contributed by atoms with Crippen LogP contribution in [0.4, 0.5) is 4.79 Å². The molecule has 0 saturated carbocycles. The molecule has 0 aromatic heterocycles. The molecule has 0 radical (unpaired) electrons. The van der Waals surface area contributed by atoms with E-state index in [2.05, 4.69) is 5.32 Å². The number of ether oxygens (including phenoxy) is 1. The van der Waals surface area contributed by atoms with Crippen molar-refractivity contribution < 1.29 is 19.4 Å². The molecule has 0 aromatic rings. The van der Waals surface area contributed by atoms with Crippen molar-refractivity contribution in [2.75, 3.05) is 40.9 Å². The van der Waals surface area contributed by atoms with E-state index < -0.39 is 17.9 Å². The number of hydrogen-bond donors (Lipinski definition) is 2. The van der Waals surface area contributed by atoms with Gasteiger partial charge in [0.05, 0.1) is 19.3 Å². The van der Waals surface area contributed by atoms with E-state index in [4.69, 9.17) is 9.84 Å². The lowest BCUT2D eigenvalue weighted by Gasteiger charge is -2.28. The lowest BCUT2D eigenvalue weighted by atomic mass is 10.0. The highest BCUT2D eigenvalue weighted by molar-refractivity contribution is 5.77. The fraction of sp³-hybridized carbons (Fsp3) is 0.833. The Labute approximate surface area is 113 Å². The highest BCUT2D eigenvalue weighted by atomic mass is 16.5. The van der Waals surface area contributed by atoms with Crippen molar-refractivity contribution in [2.24, 2.45) is 5.92 Å². The van der Waals surface area contributed by atoms with Crippen LogP contribution >= 0.6 is 0 Å². The van der Waals surface area contributed by atoms with E-state index in [1.165, 1.54) is 4.90 Å². The Hall–Kier alpha value is -1.34. The minimum Gasteiger partial charge on any atom is -0.481 e. The van der Waals surface area contributed by atoms with Crippen molar-refractivity contribution in [3.05, 3.63) is 0 Å². The van der Waals surface area contributed by atoms with Crippen LogP contribution in [0.2, 0.25) is 0 Å². The largest absolute Gasteiger partial charge is 0.481 e. The first-order valence-electron chi connectivity index (χ1n) is 6.31. The maximum atomic E-state index is 12.0. The second kappa shape index (κ2) is 6.72. The smallest absolute Gasteiger partial charge is 0.317 e. The van der Waals surface area contributed by atoms with E-state index in [0.717, 1.165) is 6.54 Å². The van der Waals surface area contributed by atoms with Crippen molar-refractivity contribution in [3.8, 4) is 0 Å². The molecule has 1 fully saturated rings. The predicted octanol–water partition coefficient (Wildman–Crippen LogP) is -0.322. The third-order valence-corrected chi connectivity index (χ3v) is 3.19. The van der Waals surface area contributed by atoms with Crippen LogP contribution in [0.3, 0.4) is 0 Å². The quantitative estimate of drug-likeness (QED) is 0.717. The number of hydrogen-bond acceptors (Lipinski definition) is 4. The molecular formula is C12H23N3O4. The lowest BCUT2D eigenvalue weighted by molar-refractivity contribution is -0.142. The number of rotatable bonds is 5. The average molecular weight is 273 g/mol. The van der Waals surface area contributed by atoms with Gasteiger partial charge in [0.25, 0.3) is 0 Å². The molecular weight excluding hydrogens is 250 g/mol. The van der Waals surface area contributed by atoms with Gasteiger partial charge in [0.1, 0.15) is 5.92 Å². The molecule has 1 rings (SSSR count). The second-order valence-electron chi connectivity index (χ2n) is 5.27. The Morgan fingerprint density at radius 2 is 2.00 bits per heavy atom. The summed E-state index contributed by atoms with van der Waals surface area (Å²) in [5.74, 6) is -1.58. The summed E-state index contributed by atoms with van der Waals surface area (Å²) >= 11 is 0. The molecule has 110 valence electrons. The molecule has 2 N–H and O–H groups in total. The topological polar surface area (TPSA) is 82.1 Å². The summed E-state index contributed by atoms with van der Waals surface area (Å²) < 4.78 is 5.16. The number of nitrogens with one attached hydrogen (secondary N) is 1. The number of carboxylic acids is 1. The first kappa shape index (κ1) is 15.7. The van der Waals surface area contributed by atoms with Crippen molar-refractivity contribution in [1.29, 1.82) is 0 Å². The van der Waals surface area contributed by atoms with Gasteiger partial charge in [0.15, 0.2) is 0 Å². The number of carboxylic acid groups (broad SMARTS) is 1. The predicted molar refractivity (Wildman–Crippen MR) is 70.0 cm³/mol. The van der Waals surface area contributed by atoms with Gasteiger partial charge in [-0.3, -0.25) is 4.79 Å². The summed E-state index contributed by atoms with van der Waals surface area (Å²) in [4.78, 5) is 26.5. The summed E-state index contributed by atoms with van der Waals surface area (Å²) in [5, 5.41) is 11.9. The molecule has 0 aromatic carbocycles. The molecule has 1 aliphatic rings. The Morgan fingerprint density at radius 1 is 1.37 bits per heavy atom. The zero-order chi connectivity index (χ0) is 14.6. The van der Waals surface area contributed by atoms with Gasteiger partial charge in [0, 0.05) is 19.6 Å². The van der Waals surface area contributed by atoms with Crippen molar-refractivity contribution in [1.82, 2.24) is 15.1 Å². The first-order valence-corrected chi connectivity index (χ1v) is 6.31. The summed E-state index contributed by atoms with van der Waals surface area (Å²) in [6.07, 6.45) is 0. The van der Waals surface area contributed by atoms with Gasteiger partial charge in [-0.15, -0.1) is 0 Å². The van der Waals surface area contributed by atoms with E-state index in [-0.39, 0.29) is 25.3 Å². The molecule has 1 heterocycles. The molecule has 7 nitrogen and oxygen atoms in total. The summed E-state index contributed by atoms with van der Waals surface area (Å²) in [6.45, 7) is 3.06. The SMILES string of the molecule is CC(CN(C)C)NC(=O)N(C)C1COCC1C(=O)O. The Bertz CT molecular complexity index is 335. The third kappa shape index (κ3) is 4.36. The Kier molecular flexibility index (Phi) is 5.56. The monoisotopic (exact) mass is 273 g/mol. The van der Waals surface area contributed by atoms with E-state index in [1.807, 2.05) is 25.9 Å². The molecule has 0 bridgehead atoms. The number of aliphatic carboxylic acids is 1. The normalized spacial score (nSPS) is 24.3. The zero-order valence-electron chi connectivity index (χ0n) is 11.9. The minimum absolute atomic E-state index is 0.00412. The van der Waals surface area contributed by atoms with Crippen molar-refractivity contribution in [2.45, 2.75) is 19.0 Å². The van der Waals surface area contributed by atoms with Gasteiger partial charge in [0.2, 0.25) is 0 Å². The summed E-state index contributed by atoms with van der Waals surface area (Å²) in [7, 11) is 5.46. The second-order valence-corrected chi connectivity index (χ2v) is 5.27. The molecule has 0 aliphatic carbocycles. The number of carbonyl (C=O) groups is 2.